The number of rotatable bonds is 4. The normalized spacial score (nSPS) is 14.6. The molecule has 1 aliphatic carbocycles. The molecule has 0 saturated heterocycles. The number of nitrogens with one attached hydrogen (secondary N) is 1. The van der Waals surface area contributed by atoms with Crippen molar-refractivity contribution in [2.45, 2.75) is 25.7 Å². The van der Waals surface area contributed by atoms with Crippen LogP contribution in [-0.4, -0.2) is 16.1 Å². The number of amides is 1. The average molecular weight is 320 g/mol. The van der Waals surface area contributed by atoms with Gasteiger partial charge < -0.3 is 0 Å². The number of halogens is 1. The first-order valence-electron chi connectivity index (χ1n) is 6.70. The molecule has 1 aromatic carbocycles. The van der Waals surface area contributed by atoms with Crippen LogP contribution in [0.4, 0.5) is 5.13 Å². The van der Waals surface area contributed by atoms with E-state index in [4.69, 9.17) is 11.6 Å². The van der Waals surface area contributed by atoms with Crippen molar-refractivity contribution in [1.29, 1.82) is 0 Å². The molecule has 0 aliphatic heterocycles. The number of benzene rings is 1. The molecule has 1 aliphatic rings. The summed E-state index contributed by atoms with van der Waals surface area (Å²) < 4.78 is 0. The molecular weight excluding hydrogens is 306 g/mol. The van der Waals surface area contributed by atoms with Gasteiger partial charge in [0.25, 0.3) is 0 Å². The fraction of sp³-hybridized carbons (Fsp3) is 0.267. The van der Waals surface area contributed by atoms with Crippen molar-refractivity contribution in [2.75, 3.05) is 5.32 Å². The van der Waals surface area contributed by atoms with Gasteiger partial charge in [0.1, 0.15) is 5.01 Å². The largest absolute Gasteiger partial charge is 0.297 e. The molecule has 0 spiro atoms. The van der Waals surface area contributed by atoms with Gasteiger partial charge in [0.15, 0.2) is 0 Å². The van der Waals surface area contributed by atoms with Gasteiger partial charge in [-0.3, -0.25) is 10.1 Å². The third-order valence-corrected chi connectivity index (χ3v) is 4.63. The van der Waals surface area contributed by atoms with Crippen LogP contribution >= 0.6 is 22.9 Å². The fourth-order valence-corrected chi connectivity index (χ4v) is 2.92. The second kappa shape index (κ2) is 5.95. The summed E-state index contributed by atoms with van der Waals surface area (Å²) in [7, 11) is 0. The lowest BCUT2D eigenvalue weighted by molar-refractivity contribution is -0.111. The standard InChI is InChI=1S/C15H14ClN3OS/c1-9-2-3-10(8-12(9)16)4-7-13(20)17-15-19-18-14(21-15)11-5-6-11/h2-4,7-8,11H,5-6H2,1H3,(H,17,19,20)/b7-4+. The smallest absolute Gasteiger partial charge is 0.250 e. The third-order valence-electron chi connectivity index (χ3n) is 3.22. The Labute approximate surface area is 131 Å². The van der Waals surface area contributed by atoms with Crippen LogP contribution in [0.5, 0.6) is 0 Å². The molecule has 1 N–H and O–H groups in total. The molecule has 2 aromatic rings. The highest BCUT2D eigenvalue weighted by molar-refractivity contribution is 7.15. The topological polar surface area (TPSA) is 54.9 Å². The molecule has 1 saturated carbocycles. The maximum absolute atomic E-state index is 11.8. The maximum atomic E-state index is 11.8. The molecule has 108 valence electrons. The molecule has 6 heteroatoms. The van der Waals surface area contributed by atoms with Crippen LogP contribution in [-0.2, 0) is 4.79 Å². The van der Waals surface area contributed by atoms with E-state index in [1.807, 2.05) is 25.1 Å². The predicted octanol–water partition coefficient (Wildman–Crippen LogP) is 4.03. The average Bonchev–Trinajstić information content (AvgIpc) is 3.21. The minimum atomic E-state index is -0.217. The van der Waals surface area contributed by atoms with Crippen molar-refractivity contribution in [2.24, 2.45) is 0 Å². The lowest BCUT2D eigenvalue weighted by Crippen LogP contribution is -2.07. The minimum Gasteiger partial charge on any atom is -0.297 e. The van der Waals surface area contributed by atoms with E-state index in [-0.39, 0.29) is 5.91 Å². The summed E-state index contributed by atoms with van der Waals surface area (Å²) in [5, 5.41) is 13.0. The van der Waals surface area contributed by atoms with Gasteiger partial charge in [0.2, 0.25) is 11.0 Å². The molecule has 1 heterocycles. The number of hydrogen-bond donors (Lipinski definition) is 1. The SMILES string of the molecule is Cc1ccc(/C=C/C(=O)Nc2nnc(C3CC3)s2)cc1Cl. The lowest BCUT2D eigenvalue weighted by atomic mass is 10.1. The molecular formula is C15H14ClN3OS. The van der Waals surface area contributed by atoms with E-state index in [1.54, 1.807) is 6.08 Å². The summed E-state index contributed by atoms with van der Waals surface area (Å²) in [4.78, 5) is 11.8. The van der Waals surface area contributed by atoms with Gasteiger partial charge in [-0.05, 0) is 43.0 Å². The zero-order chi connectivity index (χ0) is 14.8. The molecule has 3 rings (SSSR count). The van der Waals surface area contributed by atoms with E-state index >= 15 is 0 Å². The summed E-state index contributed by atoms with van der Waals surface area (Å²) in [6.07, 6.45) is 5.55. The van der Waals surface area contributed by atoms with Crippen molar-refractivity contribution < 1.29 is 4.79 Å². The number of aryl methyl sites for hydroxylation is 1. The minimum absolute atomic E-state index is 0.217. The highest BCUT2D eigenvalue weighted by Crippen LogP contribution is 2.42. The van der Waals surface area contributed by atoms with Gasteiger partial charge >= 0.3 is 0 Å². The van der Waals surface area contributed by atoms with E-state index < -0.39 is 0 Å². The first kappa shape index (κ1) is 14.2. The van der Waals surface area contributed by atoms with Crippen LogP contribution in [0.2, 0.25) is 5.02 Å². The first-order chi connectivity index (χ1) is 10.1. The van der Waals surface area contributed by atoms with Crippen LogP contribution in [0.15, 0.2) is 24.3 Å². The van der Waals surface area contributed by atoms with Crippen molar-refractivity contribution in [3.05, 3.63) is 45.4 Å². The Morgan fingerprint density at radius 1 is 1.43 bits per heavy atom. The van der Waals surface area contributed by atoms with E-state index in [9.17, 15) is 4.79 Å². The molecule has 0 bridgehead atoms. The molecule has 0 radical (unpaired) electrons. The molecule has 1 aromatic heterocycles. The van der Waals surface area contributed by atoms with Crippen molar-refractivity contribution in [1.82, 2.24) is 10.2 Å². The van der Waals surface area contributed by atoms with Crippen molar-refractivity contribution in [3.8, 4) is 0 Å². The van der Waals surface area contributed by atoms with Gasteiger partial charge in [0.05, 0.1) is 0 Å². The van der Waals surface area contributed by atoms with Crippen LogP contribution in [0.1, 0.15) is 34.9 Å². The van der Waals surface area contributed by atoms with Crippen LogP contribution in [0.3, 0.4) is 0 Å². The number of hydrogen-bond acceptors (Lipinski definition) is 4. The Kier molecular flexibility index (Phi) is 4.03. The van der Waals surface area contributed by atoms with Crippen LogP contribution in [0, 0.1) is 6.92 Å². The number of carbonyl (C=O) groups is 1. The van der Waals surface area contributed by atoms with E-state index in [0.717, 1.165) is 16.1 Å². The van der Waals surface area contributed by atoms with Crippen molar-refractivity contribution in [3.63, 3.8) is 0 Å². The Balaban J connectivity index is 1.61. The highest BCUT2D eigenvalue weighted by atomic mass is 35.5. The quantitative estimate of drug-likeness (QED) is 0.866. The number of carbonyl (C=O) groups excluding carboxylic acids is 1. The number of aromatic nitrogens is 2. The van der Waals surface area contributed by atoms with Gasteiger partial charge in [-0.2, -0.15) is 0 Å². The first-order valence-corrected chi connectivity index (χ1v) is 7.90. The fourth-order valence-electron chi connectivity index (χ4n) is 1.81. The molecule has 0 atom stereocenters. The van der Waals surface area contributed by atoms with E-state index in [0.29, 0.717) is 16.1 Å². The zero-order valence-corrected chi connectivity index (χ0v) is 13.0. The van der Waals surface area contributed by atoms with Gasteiger partial charge in [-0.25, -0.2) is 0 Å². The van der Waals surface area contributed by atoms with Gasteiger partial charge in [0, 0.05) is 17.0 Å². The molecule has 0 unspecified atom stereocenters. The van der Waals surface area contributed by atoms with Gasteiger partial charge in [-0.15, -0.1) is 10.2 Å². The molecule has 4 nitrogen and oxygen atoms in total. The van der Waals surface area contributed by atoms with Crippen LogP contribution < -0.4 is 5.32 Å². The second-order valence-electron chi connectivity index (χ2n) is 5.05. The summed E-state index contributed by atoms with van der Waals surface area (Å²) in [6, 6.07) is 5.67. The van der Waals surface area contributed by atoms with E-state index in [2.05, 4.69) is 15.5 Å². The third kappa shape index (κ3) is 3.68. The molecule has 1 amide bonds. The Hall–Kier alpha value is -1.72. The van der Waals surface area contributed by atoms with Crippen molar-refractivity contribution >= 4 is 40.1 Å². The Morgan fingerprint density at radius 2 is 2.24 bits per heavy atom. The molecule has 1 fully saturated rings. The predicted molar refractivity (Wildman–Crippen MR) is 85.7 cm³/mol. The van der Waals surface area contributed by atoms with Crippen LogP contribution in [0.25, 0.3) is 6.08 Å². The Bertz CT molecular complexity index is 707. The molecule has 21 heavy (non-hydrogen) atoms. The zero-order valence-electron chi connectivity index (χ0n) is 11.5. The summed E-state index contributed by atoms with van der Waals surface area (Å²) in [6.45, 7) is 1.94. The summed E-state index contributed by atoms with van der Waals surface area (Å²) in [5.74, 6) is 0.337. The monoisotopic (exact) mass is 319 g/mol. The Morgan fingerprint density at radius 3 is 2.95 bits per heavy atom. The van der Waals surface area contributed by atoms with E-state index in [1.165, 1.54) is 30.3 Å². The van der Waals surface area contributed by atoms with Gasteiger partial charge in [-0.1, -0.05) is 35.1 Å². The highest BCUT2D eigenvalue weighted by Gasteiger charge is 2.27. The second-order valence-corrected chi connectivity index (χ2v) is 6.47. The summed E-state index contributed by atoms with van der Waals surface area (Å²) in [5.41, 5.74) is 1.90. The maximum Gasteiger partial charge on any atom is 0.250 e. The lowest BCUT2D eigenvalue weighted by Gasteiger charge is -1.99. The number of anilines is 1. The number of nitrogens with zero attached hydrogens (tertiary/aromatic N) is 2. The summed E-state index contributed by atoms with van der Waals surface area (Å²) >= 11 is 7.49.